The molecule has 2 atom stereocenters. The molecule has 3 heterocycles. The van der Waals surface area contributed by atoms with Crippen LogP contribution in [0.5, 0.6) is 5.88 Å². The first-order valence-electron chi connectivity index (χ1n) is 8.59. The van der Waals surface area contributed by atoms with Crippen LogP contribution in [0, 0.1) is 5.82 Å². The minimum absolute atomic E-state index is 0.000201. The van der Waals surface area contributed by atoms with E-state index in [-0.39, 0.29) is 47.0 Å². The van der Waals surface area contributed by atoms with Crippen LogP contribution in [-0.2, 0) is 10.3 Å². The maximum absolute atomic E-state index is 15.6. The zero-order chi connectivity index (χ0) is 20.6. The van der Waals surface area contributed by atoms with Crippen LogP contribution in [0.4, 0.5) is 14.5 Å². The average molecular weight is 421 g/mol. The standard InChI is InChI=1S/C18H17F2N5O3S/c1-27-14-6-22-13(5-23-14)15(26)24-10-2-3-12(19)11(4-10)18-8-28-7-17(18,20)9-29-16(21)25-18/h2-6H,7-9H2,1H3,(H2,21,25)(H,24,26). The van der Waals surface area contributed by atoms with E-state index in [1.807, 2.05) is 0 Å². The maximum Gasteiger partial charge on any atom is 0.275 e. The van der Waals surface area contributed by atoms with Crippen LogP contribution >= 0.6 is 11.8 Å². The summed E-state index contributed by atoms with van der Waals surface area (Å²) in [6.07, 6.45) is 2.55. The van der Waals surface area contributed by atoms with Gasteiger partial charge in [0.2, 0.25) is 5.88 Å². The molecule has 3 N–H and O–H groups in total. The Hall–Kier alpha value is -2.79. The number of nitrogens with one attached hydrogen (secondary N) is 1. The van der Waals surface area contributed by atoms with Gasteiger partial charge in [0.1, 0.15) is 11.5 Å². The number of halogens is 2. The Balaban J connectivity index is 1.67. The topological polar surface area (TPSA) is 112 Å². The smallest absolute Gasteiger partial charge is 0.275 e. The van der Waals surface area contributed by atoms with E-state index in [2.05, 4.69) is 20.3 Å². The molecule has 2 unspecified atom stereocenters. The lowest BCUT2D eigenvalue weighted by Crippen LogP contribution is -2.52. The number of methoxy groups -OCH3 is 1. The number of thioether (sulfide) groups is 1. The number of rotatable bonds is 4. The molecule has 0 spiro atoms. The van der Waals surface area contributed by atoms with Crippen molar-refractivity contribution in [3.63, 3.8) is 0 Å². The number of nitrogens with two attached hydrogens (primary N) is 1. The number of amides is 1. The second-order valence-electron chi connectivity index (χ2n) is 6.65. The number of hydrogen-bond acceptors (Lipinski definition) is 8. The number of aromatic nitrogens is 2. The monoisotopic (exact) mass is 421 g/mol. The number of hydrogen-bond donors (Lipinski definition) is 2. The fourth-order valence-electron chi connectivity index (χ4n) is 3.34. The molecule has 1 saturated heterocycles. The second kappa shape index (κ2) is 7.23. The van der Waals surface area contributed by atoms with E-state index in [1.54, 1.807) is 0 Å². The SMILES string of the molecule is COc1cnc(C(=O)Nc2ccc(F)c(C34COCC3(F)CSC(N)=N4)c2)cn1. The summed E-state index contributed by atoms with van der Waals surface area (Å²) in [4.78, 5) is 24.5. The largest absolute Gasteiger partial charge is 0.480 e. The van der Waals surface area contributed by atoms with Crippen molar-refractivity contribution >= 4 is 28.5 Å². The molecule has 0 aliphatic carbocycles. The molecule has 2 aliphatic rings. The van der Waals surface area contributed by atoms with Gasteiger partial charge >= 0.3 is 0 Å². The van der Waals surface area contributed by atoms with Gasteiger partial charge in [0, 0.05) is 17.0 Å². The van der Waals surface area contributed by atoms with Gasteiger partial charge in [-0.25, -0.2) is 23.7 Å². The average Bonchev–Trinajstić information content (AvgIpc) is 3.06. The lowest BCUT2D eigenvalue weighted by atomic mass is 9.79. The Morgan fingerprint density at radius 1 is 1.34 bits per heavy atom. The highest BCUT2D eigenvalue weighted by Crippen LogP contribution is 2.50. The van der Waals surface area contributed by atoms with Crippen molar-refractivity contribution in [2.24, 2.45) is 10.7 Å². The Morgan fingerprint density at radius 2 is 2.17 bits per heavy atom. The second-order valence-corrected chi connectivity index (χ2v) is 7.65. The molecule has 8 nitrogen and oxygen atoms in total. The molecule has 4 rings (SSSR count). The van der Waals surface area contributed by atoms with Gasteiger partial charge < -0.3 is 20.5 Å². The van der Waals surface area contributed by atoms with Crippen LogP contribution < -0.4 is 15.8 Å². The van der Waals surface area contributed by atoms with Crippen molar-refractivity contribution in [3.8, 4) is 5.88 Å². The first kappa shape index (κ1) is 19.5. The summed E-state index contributed by atoms with van der Waals surface area (Å²) in [5, 5.41) is 2.76. The van der Waals surface area contributed by atoms with Crippen LogP contribution in [0.3, 0.4) is 0 Å². The first-order chi connectivity index (χ1) is 13.9. The van der Waals surface area contributed by atoms with E-state index in [4.69, 9.17) is 15.2 Å². The number of fused-ring (bicyclic) bond motifs is 1. The fourth-order valence-corrected chi connectivity index (χ4v) is 4.26. The summed E-state index contributed by atoms with van der Waals surface area (Å²) >= 11 is 1.06. The lowest BCUT2D eigenvalue weighted by molar-refractivity contribution is 0.102. The third-order valence-corrected chi connectivity index (χ3v) is 5.86. The number of benzene rings is 1. The van der Waals surface area contributed by atoms with Gasteiger partial charge in [0.05, 0.1) is 32.7 Å². The number of ether oxygens (including phenoxy) is 2. The highest BCUT2D eigenvalue weighted by molar-refractivity contribution is 8.13. The van der Waals surface area contributed by atoms with Crippen molar-refractivity contribution in [2.45, 2.75) is 11.2 Å². The summed E-state index contributed by atoms with van der Waals surface area (Å²) < 4.78 is 40.6. The first-order valence-corrected chi connectivity index (χ1v) is 9.58. The third kappa shape index (κ3) is 3.29. The molecular weight excluding hydrogens is 404 g/mol. The van der Waals surface area contributed by atoms with Crippen LogP contribution in [-0.4, -0.2) is 52.8 Å². The minimum atomic E-state index is -1.91. The predicted molar refractivity (Wildman–Crippen MR) is 103 cm³/mol. The Kier molecular flexibility index (Phi) is 4.87. The molecule has 2 aromatic rings. The number of carbonyl (C=O) groups excluding carboxylic acids is 1. The quantitative estimate of drug-likeness (QED) is 0.775. The number of alkyl halides is 1. The van der Waals surface area contributed by atoms with Gasteiger partial charge in [-0.3, -0.25) is 4.79 Å². The van der Waals surface area contributed by atoms with E-state index in [0.717, 1.165) is 17.8 Å². The van der Waals surface area contributed by atoms with Crippen LogP contribution in [0.25, 0.3) is 0 Å². The van der Waals surface area contributed by atoms with Gasteiger partial charge in [-0.2, -0.15) is 0 Å². The van der Waals surface area contributed by atoms with Gasteiger partial charge in [0.15, 0.2) is 16.4 Å². The summed E-state index contributed by atoms with van der Waals surface area (Å²) in [5.74, 6) is -0.967. The molecule has 1 aromatic carbocycles. The fraction of sp³-hybridized carbons (Fsp3) is 0.333. The summed E-state index contributed by atoms with van der Waals surface area (Å²) in [7, 11) is 1.43. The van der Waals surface area contributed by atoms with Gasteiger partial charge in [-0.15, -0.1) is 0 Å². The molecule has 0 saturated carbocycles. The van der Waals surface area contributed by atoms with Crippen molar-refractivity contribution in [1.29, 1.82) is 0 Å². The molecular formula is C18H17F2N5O3S. The van der Waals surface area contributed by atoms with Crippen LogP contribution in [0.1, 0.15) is 16.1 Å². The van der Waals surface area contributed by atoms with Crippen molar-refractivity contribution in [1.82, 2.24) is 9.97 Å². The Labute approximate surface area is 168 Å². The van der Waals surface area contributed by atoms with Crippen LogP contribution in [0.15, 0.2) is 35.6 Å². The molecule has 2 aliphatic heterocycles. The molecule has 11 heteroatoms. The predicted octanol–water partition coefficient (Wildman–Crippen LogP) is 1.87. The van der Waals surface area contributed by atoms with Gasteiger partial charge in [0.25, 0.3) is 5.91 Å². The third-order valence-electron chi connectivity index (χ3n) is 4.87. The lowest BCUT2D eigenvalue weighted by Gasteiger charge is -2.38. The summed E-state index contributed by atoms with van der Waals surface area (Å²) in [6.45, 7) is -0.364. The van der Waals surface area contributed by atoms with E-state index in [9.17, 15) is 9.18 Å². The van der Waals surface area contributed by atoms with E-state index >= 15 is 4.39 Å². The Bertz CT molecular complexity index is 990. The molecule has 152 valence electrons. The number of anilines is 1. The number of aliphatic imine (C=N–C) groups is 1. The van der Waals surface area contributed by atoms with Gasteiger partial charge in [-0.1, -0.05) is 11.8 Å². The van der Waals surface area contributed by atoms with Crippen molar-refractivity contribution in [2.75, 3.05) is 31.4 Å². The Morgan fingerprint density at radius 3 is 2.90 bits per heavy atom. The van der Waals surface area contributed by atoms with Crippen molar-refractivity contribution in [3.05, 3.63) is 47.7 Å². The van der Waals surface area contributed by atoms with E-state index in [1.165, 1.54) is 31.6 Å². The zero-order valence-electron chi connectivity index (χ0n) is 15.3. The van der Waals surface area contributed by atoms with E-state index in [0.29, 0.717) is 0 Å². The highest BCUT2D eigenvalue weighted by Gasteiger charge is 2.61. The van der Waals surface area contributed by atoms with Gasteiger partial charge in [-0.05, 0) is 18.2 Å². The molecule has 1 amide bonds. The van der Waals surface area contributed by atoms with Crippen molar-refractivity contribution < 1.29 is 23.0 Å². The minimum Gasteiger partial charge on any atom is -0.480 e. The maximum atomic E-state index is 15.6. The molecule has 29 heavy (non-hydrogen) atoms. The molecule has 0 radical (unpaired) electrons. The van der Waals surface area contributed by atoms with Crippen LogP contribution in [0.2, 0.25) is 0 Å². The number of nitrogens with zero attached hydrogens (tertiary/aromatic N) is 3. The summed E-state index contributed by atoms with van der Waals surface area (Å²) in [5.41, 5.74) is 2.56. The van der Waals surface area contributed by atoms with E-state index < -0.39 is 22.9 Å². The number of carbonyl (C=O) groups is 1. The number of amidine groups is 1. The summed E-state index contributed by atoms with van der Waals surface area (Å²) in [6, 6.07) is 3.86. The molecule has 0 bridgehead atoms. The molecule has 1 fully saturated rings. The highest BCUT2D eigenvalue weighted by atomic mass is 32.2. The zero-order valence-corrected chi connectivity index (χ0v) is 16.1. The molecule has 1 aromatic heterocycles. The normalized spacial score (nSPS) is 25.8.